The van der Waals surface area contributed by atoms with Gasteiger partial charge in [-0.05, 0) is 10.8 Å². The van der Waals surface area contributed by atoms with Crippen LogP contribution in [0.4, 0.5) is 0 Å². The second-order valence-electron chi connectivity index (χ2n) is 5.45. The molecule has 0 atom stereocenters. The molecule has 0 rings (SSSR count). The molecule has 0 bridgehead atoms. The monoisotopic (exact) mass is 271 g/mol. The van der Waals surface area contributed by atoms with Crippen LogP contribution in [0.5, 0.6) is 0 Å². The van der Waals surface area contributed by atoms with Gasteiger partial charge in [0, 0.05) is 32.7 Å². The van der Waals surface area contributed by atoms with E-state index in [9.17, 15) is 0 Å². The minimum Gasteiger partial charge on any atom is -0.0791 e. The summed E-state index contributed by atoms with van der Waals surface area (Å²) in [6.45, 7) is 13.2. The Hall–Kier alpha value is 0.584. The molecule has 0 N–H and O–H groups in total. The van der Waals surface area contributed by atoms with Crippen molar-refractivity contribution < 1.29 is 32.7 Å². The van der Waals surface area contributed by atoms with Gasteiger partial charge in [0.15, 0.2) is 0 Å². The van der Waals surface area contributed by atoms with Crippen molar-refractivity contribution in [1.29, 1.82) is 0 Å². The molecular formula is C13H26Y. The summed E-state index contributed by atoms with van der Waals surface area (Å²) in [6.07, 6.45) is 8.70. The van der Waals surface area contributed by atoms with Crippen molar-refractivity contribution in [3.8, 4) is 0 Å². The van der Waals surface area contributed by atoms with Gasteiger partial charge in [-0.25, -0.2) is 0 Å². The van der Waals surface area contributed by atoms with Gasteiger partial charge in [-0.3, -0.25) is 0 Å². The molecule has 0 aliphatic heterocycles. The molecule has 0 spiro atoms. The van der Waals surface area contributed by atoms with E-state index in [2.05, 4.69) is 65.8 Å². The minimum absolute atomic E-state index is 0. The van der Waals surface area contributed by atoms with Crippen LogP contribution in [-0.4, -0.2) is 0 Å². The number of hydrogen-bond donors (Lipinski definition) is 0. The molecule has 0 saturated carbocycles. The van der Waals surface area contributed by atoms with E-state index in [0.29, 0.717) is 10.8 Å². The van der Waals surface area contributed by atoms with Crippen LogP contribution < -0.4 is 0 Å². The van der Waals surface area contributed by atoms with Crippen LogP contribution in [0.25, 0.3) is 0 Å². The largest absolute Gasteiger partial charge is 0.0791 e. The fourth-order valence-electron chi connectivity index (χ4n) is 0.688. The summed E-state index contributed by atoms with van der Waals surface area (Å²) in [6, 6.07) is 0. The summed E-state index contributed by atoms with van der Waals surface area (Å²) in [5, 5.41) is 0. The van der Waals surface area contributed by atoms with E-state index in [0.717, 1.165) is 0 Å². The zero-order valence-corrected chi connectivity index (χ0v) is 12.7. The third-order valence-corrected chi connectivity index (χ3v) is 1.30. The summed E-state index contributed by atoms with van der Waals surface area (Å²) < 4.78 is 0. The van der Waals surface area contributed by atoms with E-state index >= 15 is 0 Å². The van der Waals surface area contributed by atoms with Gasteiger partial charge in [-0.2, -0.15) is 0 Å². The van der Waals surface area contributed by atoms with E-state index in [1.54, 1.807) is 0 Å². The van der Waals surface area contributed by atoms with Crippen LogP contribution in [0.15, 0.2) is 24.3 Å². The summed E-state index contributed by atoms with van der Waals surface area (Å²) in [7, 11) is 0. The molecule has 0 aliphatic carbocycles. The maximum absolute atomic E-state index is 2.22. The molecule has 0 heterocycles. The number of allylic oxidation sites excluding steroid dienone is 4. The first-order chi connectivity index (χ1) is 5.21. The Bertz CT molecular complexity index is 152. The Morgan fingerprint density at radius 2 is 0.857 bits per heavy atom. The van der Waals surface area contributed by atoms with Crippen LogP contribution in [0, 0.1) is 10.8 Å². The molecule has 0 saturated heterocycles. The summed E-state index contributed by atoms with van der Waals surface area (Å²) >= 11 is 0. The van der Waals surface area contributed by atoms with Gasteiger partial charge in [0.05, 0.1) is 0 Å². The summed E-state index contributed by atoms with van der Waals surface area (Å²) in [5.41, 5.74) is 0.588. The molecule has 0 amide bonds. The van der Waals surface area contributed by atoms with Gasteiger partial charge in [0.2, 0.25) is 0 Å². The van der Waals surface area contributed by atoms with Crippen molar-refractivity contribution in [2.45, 2.75) is 49.0 Å². The Labute approximate surface area is 116 Å². The molecule has 0 fully saturated rings. The molecule has 14 heavy (non-hydrogen) atoms. The Morgan fingerprint density at radius 3 is 1.00 bits per heavy atom. The zero-order chi connectivity index (χ0) is 9.83. The van der Waals surface area contributed by atoms with Gasteiger partial charge < -0.3 is 0 Å². The Kier molecular flexibility index (Phi) is 11.2. The van der Waals surface area contributed by atoms with Gasteiger partial charge in [0.25, 0.3) is 0 Å². The first kappa shape index (κ1) is 20.1. The van der Waals surface area contributed by atoms with Crippen molar-refractivity contribution in [2.75, 3.05) is 0 Å². The van der Waals surface area contributed by atoms with Crippen molar-refractivity contribution in [2.24, 2.45) is 10.8 Å². The molecule has 0 aromatic carbocycles. The summed E-state index contributed by atoms with van der Waals surface area (Å²) in [5.74, 6) is 0. The Balaban J connectivity index is -0.000000605. The average Bonchev–Trinajstić information content (AvgIpc) is 1.76. The maximum Gasteiger partial charge on any atom is 0 e. The van der Waals surface area contributed by atoms with E-state index in [1.165, 1.54) is 0 Å². The van der Waals surface area contributed by atoms with Crippen LogP contribution in [0.1, 0.15) is 49.0 Å². The fraction of sp³-hybridized carbons (Fsp3) is 0.692. The molecule has 0 aromatic heterocycles. The van der Waals surface area contributed by atoms with Gasteiger partial charge in [-0.15, -0.1) is 0 Å². The average molecular weight is 271 g/mol. The SMILES string of the molecule is C.CC(C)(C)/C=C\C=C/C(C)(C)C.[Y]. The van der Waals surface area contributed by atoms with E-state index in [1.807, 2.05) is 0 Å². The van der Waals surface area contributed by atoms with Crippen LogP contribution in [-0.2, 0) is 32.7 Å². The smallest absolute Gasteiger partial charge is 0 e. The van der Waals surface area contributed by atoms with Gasteiger partial charge in [-0.1, -0.05) is 73.3 Å². The minimum atomic E-state index is 0. The maximum atomic E-state index is 2.22. The van der Waals surface area contributed by atoms with Crippen molar-refractivity contribution in [1.82, 2.24) is 0 Å². The first-order valence-corrected chi connectivity index (χ1v) is 4.58. The van der Waals surface area contributed by atoms with Crippen LogP contribution in [0.3, 0.4) is 0 Å². The van der Waals surface area contributed by atoms with Crippen molar-refractivity contribution in [3.05, 3.63) is 24.3 Å². The number of rotatable bonds is 1. The zero-order valence-electron chi connectivity index (χ0n) is 9.89. The van der Waals surface area contributed by atoms with E-state index in [4.69, 9.17) is 0 Å². The third-order valence-electron chi connectivity index (χ3n) is 1.30. The second-order valence-corrected chi connectivity index (χ2v) is 5.45. The fourth-order valence-corrected chi connectivity index (χ4v) is 0.688. The third kappa shape index (κ3) is 18.4. The number of hydrogen-bond acceptors (Lipinski definition) is 0. The van der Waals surface area contributed by atoms with Crippen LogP contribution in [0.2, 0.25) is 0 Å². The van der Waals surface area contributed by atoms with Crippen molar-refractivity contribution >= 4 is 0 Å². The topological polar surface area (TPSA) is 0 Å². The van der Waals surface area contributed by atoms with E-state index < -0.39 is 0 Å². The molecule has 1 heteroatoms. The molecule has 0 aliphatic rings. The van der Waals surface area contributed by atoms with Gasteiger partial charge in [0.1, 0.15) is 0 Å². The normalized spacial score (nSPS) is 12.7. The van der Waals surface area contributed by atoms with E-state index in [-0.39, 0.29) is 40.1 Å². The standard InChI is InChI=1S/C12H22.CH4.Y/c1-11(2,3)9-7-8-10-12(4,5)6;;/h7-10H,1-6H3;1H4;/b9-7-,10-8-;;. The predicted octanol–water partition coefficient (Wildman–Crippen LogP) is 4.82. The molecule has 0 aromatic rings. The molecule has 81 valence electrons. The van der Waals surface area contributed by atoms with Gasteiger partial charge >= 0.3 is 0 Å². The summed E-state index contributed by atoms with van der Waals surface area (Å²) in [4.78, 5) is 0. The predicted molar refractivity (Wildman–Crippen MR) is 63.9 cm³/mol. The molecule has 0 unspecified atom stereocenters. The molecule has 1 radical (unpaired) electrons. The second kappa shape index (κ2) is 7.82. The van der Waals surface area contributed by atoms with Crippen molar-refractivity contribution in [3.63, 3.8) is 0 Å². The molecular weight excluding hydrogens is 245 g/mol. The first-order valence-electron chi connectivity index (χ1n) is 4.58. The Morgan fingerprint density at radius 1 is 0.643 bits per heavy atom. The van der Waals surface area contributed by atoms with Crippen LogP contribution >= 0.6 is 0 Å². The quantitative estimate of drug-likeness (QED) is 0.599. The molecule has 0 nitrogen and oxygen atoms in total.